The molecule has 3 rings (SSSR count). The summed E-state index contributed by atoms with van der Waals surface area (Å²) in [6, 6.07) is 11.7. The van der Waals surface area contributed by atoms with Crippen LogP contribution in [0.3, 0.4) is 0 Å². The van der Waals surface area contributed by atoms with Crippen LogP contribution in [0, 0.1) is 0 Å². The van der Waals surface area contributed by atoms with Gasteiger partial charge in [-0.3, -0.25) is 0 Å². The standard InChI is InChI=1S/C14H11ClN2O3S/c1-20-12-7-6-9(8-11(12)15)16-14-10-4-2-3-5-13(10)21(18,19)17-14/h2-8H,1H3,(H,16,17). The van der Waals surface area contributed by atoms with Crippen molar-refractivity contribution in [3.8, 4) is 5.75 Å². The van der Waals surface area contributed by atoms with E-state index in [4.69, 9.17) is 16.3 Å². The zero-order valence-corrected chi connectivity index (χ0v) is 12.6. The third-order valence-electron chi connectivity index (χ3n) is 3.05. The number of nitrogens with one attached hydrogen (secondary N) is 1. The average Bonchev–Trinajstić information content (AvgIpc) is 2.71. The van der Waals surface area contributed by atoms with Crippen molar-refractivity contribution in [2.24, 2.45) is 4.40 Å². The molecule has 0 atom stereocenters. The Kier molecular flexibility index (Phi) is 3.35. The van der Waals surface area contributed by atoms with Crippen LogP contribution >= 0.6 is 11.6 Å². The van der Waals surface area contributed by atoms with Gasteiger partial charge < -0.3 is 10.1 Å². The van der Waals surface area contributed by atoms with Crippen LogP contribution in [0.5, 0.6) is 5.75 Å². The average molecular weight is 323 g/mol. The van der Waals surface area contributed by atoms with Crippen molar-refractivity contribution >= 4 is 33.1 Å². The van der Waals surface area contributed by atoms with Gasteiger partial charge in [-0.1, -0.05) is 23.7 Å². The fraction of sp³-hybridized carbons (Fsp3) is 0.0714. The van der Waals surface area contributed by atoms with Crippen molar-refractivity contribution < 1.29 is 13.2 Å². The lowest BCUT2D eigenvalue weighted by atomic mass is 10.2. The summed E-state index contributed by atoms with van der Waals surface area (Å²) in [6.45, 7) is 0. The molecule has 0 fully saturated rings. The molecule has 2 aromatic carbocycles. The number of benzene rings is 2. The number of hydrogen-bond acceptors (Lipinski definition) is 4. The molecule has 7 heteroatoms. The third kappa shape index (κ3) is 2.48. The Balaban J connectivity index is 1.98. The number of methoxy groups -OCH3 is 1. The number of halogens is 1. The summed E-state index contributed by atoms with van der Waals surface area (Å²) >= 11 is 6.05. The first-order chi connectivity index (χ1) is 10.0. The highest BCUT2D eigenvalue weighted by Crippen LogP contribution is 2.30. The smallest absolute Gasteiger partial charge is 0.285 e. The van der Waals surface area contributed by atoms with E-state index in [-0.39, 0.29) is 10.7 Å². The molecular formula is C14H11ClN2O3S. The molecule has 1 N–H and O–H groups in total. The SMILES string of the molecule is COc1ccc(NC2=NS(=O)(=O)c3ccccc32)cc1Cl. The van der Waals surface area contributed by atoms with Crippen molar-refractivity contribution in [3.63, 3.8) is 0 Å². The molecule has 2 aromatic rings. The van der Waals surface area contributed by atoms with Gasteiger partial charge in [0.15, 0.2) is 5.84 Å². The first kappa shape index (κ1) is 13.9. The van der Waals surface area contributed by atoms with E-state index >= 15 is 0 Å². The second kappa shape index (κ2) is 5.05. The van der Waals surface area contributed by atoms with Crippen LogP contribution < -0.4 is 10.1 Å². The monoisotopic (exact) mass is 322 g/mol. The molecule has 0 amide bonds. The molecule has 0 aliphatic carbocycles. The van der Waals surface area contributed by atoms with Gasteiger partial charge in [0.05, 0.1) is 12.1 Å². The van der Waals surface area contributed by atoms with Crippen LogP contribution in [0.15, 0.2) is 51.8 Å². The fourth-order valence-corrected chi connectivity index (χ4v) is 3.51. The van der Waals surface area contributed by atoms with E-state index in [0.29, 0.717) is 22.0 Å². The van der Waals surface area contributed by atoms with Gasteiger partial charge in [-0.15, -0.1) is 4.40 Å². The van der Waals surface area contributed by atoms with Gasteiger partial charge in [0.2, 0.25) is 0 Å². The summed E-state index contributed by atoms with van der Waals surface area (Å²) in [7, 11) is -2.10. The number of ether oxygens (including phenoxy) is 1. The zero-order valence-electron chi connectivity index (χ0n) is 11.0. The second-order valence-electron chi connectivity index (χ2n) is 4.39. The Labute approximate surface area is 127 Å². The van der Waals surface area contributed by atoms with Crippen LogP contribution in [0.4, 0.5) is 5.69 Å². The first-order valence-electron chi connectivity index (χ1n) is 6.06. The summed E-state index contributed by atoms with van der Waals surface area (Å²) in [5.41, 5.74) is 1.18. The van der Waals surface area contributed by atoms with E-state index in [2.05, 4.69) is 9.71 Å². The quantitative estimate of drug-likeness (QED) is 0.923. The van der Waals surface area contributed by atoms with Crippen LogP contribution in [0.2, 0.25) is 5.02 Å². The van der Waals surface area contributed by atoms with Gasteiger partial charge in [0, 0.05) is 11.3 Å². The minimum Gasteiger partial charge on any atom is -0.495 e. The Morgan fingerprint density at radius 2 is 1.95 bits per heavy atom. The topological polar surface area (TPSA) is 67.8 Å². The molecule has 0 bridgehead atoms. The molecule has 5 nitrogen and oxygen atoms in total. The molecule has 1 aliphatic heterocycles. The van der Waals surface area contributed by atoms with Gasteiger partial charge >= 0.3 is 0 Å². The minimum absolute atomic E-state index is 0.201. The molecule has 21 heavy (non-hydrogen) atoms. The number of rotatable bonds is 2. The molecule has 0 saturated carbocycles. The summed E-state index contributed by atoms with van der Waals surface area (Å²) in [4.78, 5) is 0.201. The Bertz CT molecular complexity index is 847. The molecule has 1 aliphatic rings. The van der Waals surface area contributed by atoms with Gasteiger partial charge in [0.25, 0.3) is 10.0 Å². The summed E-state index contributed by atoms with van der Waals surface area (Å²) in [5.74, 6) is 0.829. The fourth-order valence-electron chi connectivity index (χ4n) is 2.08. The molecular weight excluding hydrogens is 312 g/mol. The second-order valence-corrected chi connectivity index (χ2v) is 6.37. The van der Waals surface area contributed by atoms with Gasteiger partial charge in [-0.05, 0) is 30.3 Å². The van der Waals surface area contributed by atoms with E-state index in [1.165, 1.54) is 13.2 Å². The number of fused-ring (bicyclic) bond motifs is 1. The van der Waals surface area contributed by atoms with E-state index in [0.717, 1.165) is 0 Å². The summed E-state index contributed by atoms with van der Waals surface area (Å²) in [5, 5.41) is 3.40. The Morgan fingerprint density at radius 3 is 2.67 bits per heavy atom. The lowest BCUT2D eigenvalue weighted by molar-refractivity contribution is 0.415. The van der Waals surface area contributed by atoms with Crippen molar-refractivity contribution in [1.29, 1.82) is 0 Å². The van der Waals surface area contributed by atoms with Gasteiger partial charge in [-0.2, -0.15) is 8.42 Å². The maximum Gasteiger partial charge on any atom is 0.285 e. The maximum absolute atomic E-state index is 11.9. The van der Waals surface area contributed by atoms with Crippen molar-refractivity contribution in [2.45, 2.75) is 4.90 Å². The van der Waals surface area contributed by atoms with Crippen molar-refractivity contribution in [3.05, 3.63) is 53.1 Å². The largest absolute Gasteiger partial charge is 0.495 e. The highest BCUT2D eigenvalue weighted by molar-refractivity contribution is 7.90. The van der Waals surface area contributed by atoms with Crippen molar-refractivity contribution in [1.82, 2.24) is 0 Å². The lowest BCUT2D eigenvalue weighted by Crippen LogP contribution is -2.11. The van der Waals surface area contributed by atoms with Crippen LogP contribution in [0.1, 0.15) is 5.56 Å². The first-order valence-corrected chi connectivity index (χ1v) is 7.88. The lowest BCUT2D eigenvalue weighted by Gasteiger charge is -2.08. The van der Waals surface area contributed by atoms with E-state index in [1.54, 1.807) is 36.4 Å². The minimum atomic E-state index is -3.63. The van der Waals surface area contributed by atoms with Gasteiger partial charge in [0.1, 0.15) is 10.6 Å². The molecule has 0 unspecified atom stereocenters. The number of sulfonamides is 1. The highest BCUT2D eigenvalue weighted by Gasteiger charge is 2.28. The number of nitrogens with zero attached hydrogens (tertiary/aromatic N) is 1. The Morgan fingerprint density at radius 1 is 1.19 bits per heavy atom. The third-order valence-corrected chi connectivity index (χ3v) is 4.68. The van der Waals surface area contributed by atoms with Crippen LogP contribution in [0.25, 0.3) is 0 Å². The van der Waals surface area contributed by atoms with E-state index < -0.39 is 10.0 Å². The number of hydrogen-bond donors (Lipinski definition) is 1. The van der Waals surface area contributed by atoms with E-state index in [1.807, 2.05) is 0 Å². The molecule has 0 spiro atoms. The predicted octanol–water partition coefficient (Wildman–Crippen LogP) is 2.91. The summed E-state index contributed by atoms with van der Waals surface area (Å²) < 4.78 is 32.7. The van der Waals surface area contributed by atoms with Gasteiger partial charge in [-0.25, -0.2) is 0 Å². The molecule has 108 valence electrons. The normalized spacial score (nSPS) is 15.2. The molecule has 1 heterocycles. The molecule has 0 radical (unpaired) electrons. The highest BCUT2D eigenvalue weighted by atomic mass is 35.5. The van der Waals surface area contributed by atoms with Crippen molar-refractivity contribution in [2.75, 3.05) is 12.4 Å². The number of anilines is 1. The molecule has 0 aromatic heterocycles. The summed E-state index contributed by atoms with van der Waals surface area (Å²) in [6.07, 6.45) is 0. The molecule has 0 saturated heterocycles. The van der Waals surface area contributed by atoms with E-state index in [9.17, 15) is 8.42 Å². The van der Waals surface area contributed by atoms with Crippen LogP contribution in [-0.2, 0) is 10.0 Å². The maximum atomic E-state index is 11.9. The Hall–Kier alpha value is -2.05. The zero-order chi connectivity index (χ0) is 15.0. The number of amidine groups is 1. The van der Waals surface area contributed by atoms with Crippen LogP contribution in [-0.4, -0.2) is 21.4 Å². The predicted molar refractivity (Wildman–Crippen MR) is 81.8 cm³/mol.